The largest absolute Gasteiger partial charge is 0.309 e. The molecule has 0 heterocycles. The third-order valence-corrected chi connectivity index (χ3v) is 4.45. The molecule has 0 radical (unpaired) electrons. The van der Waals surface area contributed by atoms with Crippen molar-refractivity contribution in [1.29, 1.82) is 0 Å². The van der Waals surface area contributed by atoms with Crippen molar-refractivity contribution in [2.45, 2.75) is 31.6 Å². The molecule has 0 fully saturated rings. The Morgan fingerprint density at radius 1 is 1.35 bits per heavy atom. The van der Waals surface area contributed by atoms with E-state index in [-0.39, 0.29) is 5.25 Å². The molecule has 0 bridgehead atoms. The van der Waals surface area contributed by atoms with Gasteiger partial charge in [-0.2, -0.15) is 0 Å². The van der Waals surface area contributed by atoms with Gasteiger partial charge in [-0.1, -0.05) is 30.7 Å². The van der Waals surface area contributed by atoms with Crippen molar-refractivity contribution in [2.24, 2.45) is 0 Å². The number of hydrogen-bond donors (Lipinski definition) is 1. The Hall–Kier alpha value is -0.380. The summed E-state index contributed by atoms with van der Waals surface area (Å²) in [5, 5.41) is 4.38. The van der Waals surface area contributed by atoms with Crippen molar-refractivity contribution in [3.8, 4) is 0 Å². The van der Waals surface area contributed by atoms with Crippen molar-refractivity contribution in [2.75, 3.05) is 12.8 Å². The number of nitrogens with one attached hydrogen (secondary N) is 1. The second-order valence-electron chi connectivity index (χ2n) is 4.23. The van der Waals surface area contributed by atoms with Gasteiger partial charge in [0.2, 0.25) is 0 Å². The van der Waals surface area contributed by atoms with Gasteiger partial charge in [-0.3, -0.25) is 4.21 Å². The molecule has 3 unspecified atom stereocenters. The van der Waals surface area contributed by atoms with Crippen LogP contribution < -0.4 is 5.32 Å². The number of hydrogen-bond acceptors (Lipinski definition) is 2. The van der Waals surface area contributed by atoms with E-state index in [9.17, 15) is 4.21 Å². The van der Waals surface area contributed by atoms with Crippen LogP contribution in [0.3, 0.4) is 0 Å². The Kier molecular flexibility index (Phi) is 6.17. The fourth-order valence-electron chi connectivity index (χ4n) is 1.62. The van der Waals surface area contributed by atoms with Gasteiger partial charge >= 0.3 is 0 Å². The fraction of sp³-hybridized carbons (Fsp3) is 0.538. The molecule has 0 aliphatic rings. The van der Waals surface area contributed by atoms with Gasteiger partial charge in [0, 0.05) is 39.9 Å². The molecule has 17 heavy (non-hydrogen) atoms. The van der Waals surface area contributed by atoms with E-state index >= 15 is 0 Å². The molecule has 96 valence electrons. The van der Waals surface area contributed by atoms with Crippen LogP contribution in [0.5, 0.6) is 0 Å². The van der Waals surface area contributed by atoms with E-state index in [0.717, 1.165) is 18.0 Å². The predicted octanol–water partition coefficient (Wildman–Crippen LogP) is 3.15. The molecule has 3 atom stereocenters. The summed E-state index contributed by atoms with van der Waals surface area (Å²) >= 11 is 5.87. The molecular formula is C13H20ClNOS. The minimum absolute atomic E-state index is 0.177. The van der Waals surface area contributed by atoms with Gasteiger partial charge in [0.25, 0.3) is 0 Å². The molecule has 0 aromatic heterocycles. The zero-order valence-electron chi connectivity index (χ0n) is 10.6. The zero-order chi connectivity index (χ0) is 12.8. The molecule has 0 saturated carbocycles. The number of rotatable bonds is 6. The van der Waals surface area contributed by atoms with Gasteiger partial charge in [-0.25, -0.2) is 0 Å². The molecule has 4 heteroatoms. The summed E-state index contributed by atoms with van der Waals surface area (Å²) in [5.74, 6) is 0. The highest BCUT2D eigenvalue weighted by molar-refractivity contribution is 7.84. The first-order valence-electron chi connectivity index (χ1n) is 5.85. The highest BCUT2D eigenvalue weighted by Crippen LogP contribution is 2.19. The molecule has 1 aromatic carbocycles. The maximum absolute atomic E-state index is 11.3. The lowest BCUT2D eigenvalue weighted by Crippen LogP contribution is -2.30. The minimum Gasteiger partial charge on any atom is -0.309 e. The van der Waals surface area contributed by atoms with Crippen molar-refractivity contribution >= 4 is 22.4 Å². The van der Waals surface area contributed by atoms with Crippen molar-refractivity contribution in [3.05, 3.63) is 34.9 Å². The highest BCUT2D eigenvalue weighted by atomic mass is 35.5. The molecule has 0 saturated heterocycles. The van der Waals surface area contributed by atoms with Crippen molar-refractivity contribution < 1.29 is 4.21 Å². The van der Waals surface area contributed by atoms with Crippen LogP contribution in [0, 0.1) is 0 Å². The molecule has 1 rings (SSSR count). The summed E-state index contributed by atoms with van der Waals surface area (Å²) in [5.41, 5.74) is 1.23. The molecule has 0 spiro atoms. The molecular weight excluding hydrogens is 254 g/mol. The summed E-state index contributed by atoms with van der Waals surface area (Å²) in [6, 6.07) is 8.19. The second-order valence-corrected chi connectivity index (χ2v) is 6.47. The first-order valence-corrected chi connectivity index (χ1v) is 7.85. The average molecular weight is 274 g/mol. The third-order valence-electron chi connectivity index (χ3n) is 2.90. The number of halogens is 1. The van der Waals surface area contributed by atoms with Gasteiger partial charge in [0.05, 0.1) is 0 Å². The molecule has 0 amide bonds. The van der Waals surface area contributed by atoms with E-state index in [2.05, 4.69) is 12.2 Å². The normalized spacial score (nSPS) is 16.5. The van der Waals surface area contributed by atoms with Gasteiger partial charge in [0.1, 0.15) is 0 Å². The van der Waals surface area contributed by atoms with Crippen LogP contribution in [0.4, 0.5) is 0 Å². The molecule has 1 aromatic rings. The van der Waals surface area contributed by atoms with Crippen molar-refractivity contribution in [1.82, 2.24) is 5.32 Å². The standard InChI is InChI=1S/C13H20ClNOS/c1-4-13(15-9-10(2)17(3)16)11-5-7-12(14)8-6-11/h5-8,10,13,15H,4,9H2,1-3H3. The van der Waals surface area contributed by atoms with Crippen LogP contribution in [0.1, 0.15) is 31.9 Å². The third kappa shape index (κ3) is 4.78. The summed E-state index contributed by atoms with van der Waals surface area (Å²) in [6.45, 7) is 4.90. The Bertz CT molecular complexity index is 366. The maximum atomic E-state index is 11.3. The maximum Gasteiger partial charge on any atom is 0.0441 e. The van der Waals surface area contributed by atoms with Gasteiger partial charge in [-0.15, -0.1) is 0 Å². The smallest absolute Gasteiger partial charge is 0.0441 e. The van der Waals surface area contributed by atoms with E-state index in [0.29, 0.717) is 6.04 Å². The Labute approximate surface area is 111 Å². The van der Waals surface area contributed by atoms with Crippen LogP contribution >= 0.6 is 11.6 Å². The average Bonchev–Trinajstić information content (AvgIpc) is 2.31. The lowest BCUT2D eigenvalue weighted by molar-refractivity contribution is 0.519. The Morgan fingerprint density at radius 2 is 1.94 bits per heavy atom. The Balaban J connectivity index is 2.60. The first kappa shape index (κ1) is 14.7. The van der Waals surface area contributed by atoms with Gasteiger partial charge in [0.15, 0.2) is 0 Å². The van der Waals surface area contributed by atoms with E-state index in [1.807, 2.05) is 31.2 Å². The van der Waals surface area contributed by atoms with Gasteiger partial charge < -0.3 is 5.32 Å². The summed E-state index contributed by atoms with van der Waals surface area (Å²) in [4.78, 5) is 0. The van der Waals surface area contributed by atoms with Gasteiger partial charge in [-0.05, 0) is 31.0 Å². The van der Waals surface area contributed by atoms with Crippen molar-refractivity contribution in [3.63, 3.8) is 0 Å². The molecule has 0 aliphatic heterocycles. The summed E-state index contributed by atoms with van der Waals surface area (Å²) in [6.07, 6.45) is 2.75. The van der Waals surface area contributed by atoms with E-state index in [4.69, 9.17) is 11.6 Å². The lowest BCUT2D eigenvalue weighted by atomic mass is 10.0. The predicted molar refractivity (Wildman–Crippen MR) is 76.0 cm³/mol. The fourth-order valence-corrected chi connectivity index (χ4v) is 2.08. The molecule has 0 aliphatic carbocycles. The lowest BCUT2D eigenvalue weighted by Gasteiger charge is -2.19. The summed E-state index contributed by atoms with van der Waals surface area (Å²) < 4.78 is 11.3. The van der Waals surface area contributed by atoms with Crippen LogP contribution in [0.15, 0.2) is 24.3 Å². The molecule has 1 N–H and O–H groups in total. The monoisotopic (exact) mass is 273 g/mol. The van der Waals surface area contributed by atoms with E-state index in [1.54, 1.807) is 6.26 Å². The summed E-state index contributed by atoms with van der Waals surface area (Å²) in [7, 11) is -0.772. The highest BCUT2D eigenvalue weighted by Gasteiger charge is 2.12. The Morgan fingerprint density at radius 3 is 2.41 bits per heavy atom. The van der Waals surface area contributed by atoms with Crippen LogP contribution in [-0.2, 0) is 10.8 Å². The minimum atomic E-state index is -0.772. The topological polar surface area (TPSA) is 29.1 Å². The number of benzene rings is 1. The van der Waals surface area contributed by atoms with Crippen LogP contribution in [0.2, 0.25) is 5.02 Å². The second kappa shape index (κ2) is 7.14. The quantitative estimate of drug-likeness (QED) is 0.863. The molecule has 2 nitrogen and oxygen atoms in total. The zero-order valence-corrected chi connectivity index (χ0v) is 12.1. The van der Waals surface area contributed by atoms with E-state index < -0.39 is 10.8 Å². The SMILES string of the molecule is CCC(NCC(C)S(C)=O)c1ccc(Cl)cc1. The van der Waals surface area contributed by atoms with Crippen LogP contribution in [-0.4, -0.2) is 22.3 Å². The first-order chi connectivity index (χ1) is 8.04. The van der Waals surface area contributed by atoms with Crippen LogP contribution in [0.25, 0.3) is 0 Å². The van der Waals surface area contributed by atoms with E-state index in [1.165, 1.54) is 5.56 Å².